The summed E-state index contributed by atoms with van der Waals surface area (Å²) in [6.45, 7) is 7.01. The number of hydrogen-bond acceptors (Lipinski definition) is 1. The monoisotopic (exact) mass is 201 g/mol. The van der Waals surface area contributed by atoms with Gasteiger partial charge in [0, 0.05) is 0 Å². The van der Waals surface area contributed by atoms with Crippen LogP contribution in [0.1, 0.15) is 31.9 Å². The summed E-state index contributed by atoms with van der Waals surface area (Å²) >= 11 is 0. The van der Waals surface area contributed by atoms with E-state index in [0.29, 0.717) is 0 Å². The molecule has 0 radical (unpaired) electrons. The van der Waals surface area contributed by atoms with Gasteiger partial charge in [0.1, 0.15) is 0 Å². The molecule has 2 rings (SSSR count). The molecule has 0 aliphatic carbocycles. The highest BCUT2D eigenvalue weighted by Crippen LogP contribution is 2.09. The quantitative estimate of drug-likeness (QED) is 0.692. The van der Waals surface area contributed by atoms with Gasteiger partial charge in [-0.05, 0) is 23.6 Å². The lowest BCUT2D eigenvalue weighted by molar-refractivity contribution is 1.14. The van der Waals surface area contributed by atoms with Gasteiger partial charge in [-0.1, -0.05) is 51.1 Å². The number of hydrogen-bond donors (Lipinski definition) is 0. The molecule has 0 unspecified atom stereocenters. The Morgan fingerprint density at radius 1 is 1.13 bits per heavy atom. The number of aliphatic imine (C=N–C) groups is 1. The predicted molar refractivity (Wildman–Crippen MR) is 67.7 cm³/mol. The Morgan fingerprint density at radius 2 is 1.80 bits per heavy atom. The van der Waals surface area contributed by atoms with Crippen molar-refractivity contribution in [3.63, 3.8) is 0 Å². The SMILES string of the molecule is CC.CCc1ccc(C2=NCC=C2)cc1. The lowest BCUT2D eigenvalue weighted by Crippen LogP contribution is -1.93. The third-order valence-corrected chi connectivity index (χ3v) is 2.30. The molecular weight excluding hydrogens is 182 g/mol. The fourth-order valence-corrected chi connectivity index (χ4v) is 1.47. The Hall–Kier alpha value is -1.37. The van der Waals surface area contributed by atoms with E-state index in [9.17, 15) is 0 Å². The fraction of sp³-hybridized carbons (Fsp3) is 0.357. The average Bonchev–Trinajstić information content (AvgIpc) is 2.85. The van der Waals surface area contributed by atoms with Crippen molar-refractivity contribution in [2.75, 3.05) is 6.54 Å². The van der Waals surface area contributed by atoms with Crippen LogP contribution in [0, 0.1) is 0 Å². The van der Waals surface area contributed by atoms with Gasteiger partial charge in [-0.2, -0.15) is 0 Å². The van der Waals surface area contributed by atoms with Crippen LogP contribution in [-0.4, -0.2) is 12.3 Å². The molecule has 1 aromatic carbocycles. The van der Waals surface area contributed by atoms with Crippen LogP contribution in [0.3, 0.4) is 0 Å². The van der Waals surface area contributed by atoms with E-state index in [1.54, 1.807) is 0 Å². The summed E-state index contributed by atoms with van der Waals surface area (Å²) in [5.74, 6) is 0. The average molecular weight is 201 g/mol. The molecule has 0 bridgehead atoms. The van der Waals surface area contributed by atoms with Crippen molar-refractivity contribution in [2.24, 2.45) is 4.99 Å². The Labute approximate surface area is 92.6 Å². The molecule has 0 aromatic heterocycles. The van der Waals surface area contributed by atoms with Gasteiger partial charge in [0.25, 0.3) is 0 Å². The third kappa shape index (κ3) is 3.05. The van der Waals surface area contributed by atoms with E-state index in [1.807, 2.05) is 13.8 Å². The minimum absolute atomic E-state index is 0.838. The first kappa shape index (κ1) is 11.7. The first-order valence-corrected chi connectivity index (χ1v) is 5.70. The highest BCUT2D eigenvalue weighted by Gasteiger charge is 2.01. The van der Waals surface area contributed by atoms with E-state index < -0.39 is 0 Å². The van der Waals surface area contributed by atoms with E-state index in [1.165, 1.54) is 11.1 Å². The van der Waals surface area contributed by atoms with Gasteiger partial charge in [-0.15, -0.1) is 0 Å². The molecule has 0 saturated carbocycles. The molecule has 80 valence electrons. The number of rotatable bonds is 2. The molecule has 1 heterocycles. The van der Waals surface area contributed by atoms with Gasteiger partial charge < -0.3 is 0 Å². The molecule has 0 atom stereocenters. The molecule has 1 heteroatoms. The van der Waals surface area contributed by atoms with Crippen LogP contribution in [0.5, 0.6) is 0 Å². The molecular formula is C14H19N. The Morgan fingerprint density at radius 3 is 2.27 bits per heavy atom. The van der Waals surface area contributed by atoms with Crippen molar-refractivity contribution in [1.29, 1.82) is 0 Å². The zero-order valence-electron chi connectivity index (χ0n) is 9.83. The molecule has 0 fully saturated rings. The van der Waals surface area contributed by atoms with Gasteiger partial charge in [-0.3, -0.25) is 4.99 Å². The van der Waals surface area contributed by atoms with Crippen LogP contribution in [0.15, 0.2) is 41.4 Å². The van der Waals surface area contributed by atoms with Crippen molar-refractivity contribution in [2.45, 2.75) is 27.2 Å². The maximum atomic E-state index is 4.37. The third-order valence-electron chi connectivity index (χ3n) is 2.30. The largest absolute Gasteiger partial charge is 0.281 e. The summed E-state index contributed by atoms with van der Waals surface area (Å²) < 4.78 is 0. The van der Waals surface area contributed by atoms with E-state index in [2.05, 4.69) is 48.3 Å². The summed E-state index contributed by atoms with van der Waals surface area (Å²) in [5.41, 5.74) is 3.72. The van der Waals surface area contributed by atoms with Crippen LogP contribution < -0.4 is 0 Å². The lowest BCUT2D eigenvalue weighted by atomic mass is 10.1. The summed E-state index contributed by atoms with van der Waals surface area (Å²) in [6.07, 6.45) is 5.27. The molecule has 15 heavy (non-hydrogen) atoms. The summed E-state index contributed by atoms with van der Waals surface area (Å²) in [4.78, 5) is 4.37. The zero-order valence-corrected chi connectivity index (χ0v) is 9.83. The van der Waals surface area contributed by atoms with Crippen molar-refractivity contribution in [3.05, 3.63) is 47.5 Å². The van der Waals surface area contributed by atoms with E-state index >= 15 is 0 Å². The Balaban J connectivity index is 0.000000531. The molecule has 0 amide bonds. The topological polar surface area (TPSA) is 12.4 Å². The first-order valence-electron chi connectivity index (χ1n) is 5.70. The van der Waals surface area contributed by atoms with E-state index in [0.717, 1.165) is 18.7 Å². The highest BCUT2D eigenvalue weighted by molar-refractivity contribution is 6.09. The standard InChI is InChI=1S/C12H13N.C2H6/c1-2-10-5-7-11(8-6-10)12-4-3-9-13-12;1-2/h3-8H,2,9H2,1H3;1-2H3. The van der Waals surface area contributed by atoms with Gasteiger partial charge in [0.05, 0.1) is 12.3 Å². The fourth-order valence-electron chi connectivity index (χ4n) is 1.47. The van der Waals surface area contributed by atoms with Crippen LogP contribution >= 0.6 is 0 Å². The second-order valence-electron chi connectivity index (χ2n) is 3.18. The number of nitrogens with zero attached hydrogens (tertiary/aromatic N) is 1. The van der Waals surface area contributed by atoms with Crippen molar-refractivity contribution < 1.29 is 0 Å². The van der Waals surface area contributed by atoms with Crippen molar-refractivity contribution in [1.82, 2.24) is 0 Å². The van der Waals surface area contributed by atoms with Gasteiger partial charge in [0.2, 0.25) is 0 Å². The molecule has 1 aromatic rings. The number of benzene rings is 1. The normalized spacial score (nSPS) is 13.1. The molecule has 0 saturated heterocycles. The van der Waals surface area contributed by atoms with Crippen LogP contribution in [-0.2, 0) is 6.42 Å². The number of allylic oxidation sites excluding steroid dienone is 1. The first-order chi connectivity index (χ1) is 7.40. The number of aryl methyl sites for hydroxylation is 1. The van der Waals surface area contributed by atoms with Crippen LogP contribution in [0.4, 0.5) is 0 Å². The minimum Gasteiger partial charge on any atom is -0.281 e. The molecule has 1 aliphatic rings. The molecule has 0 N–H and O–H groups in total. The predicted octanol–water partition coefficient (Wildman–Crippen LogP) is 3.63. The lowest BCUT2D eigenvalue weighted by Gasteiger charge is -2.00. The smallest absolute Gasteiger partial charge is 0.0647 e. The van der Waals surface area contributed by atoms with Crippen LogP contribution in [0.25, 0.3) is 0 Å². The molecule has 1 nitrogen and oxygen atoms in total. The van der Waals surface area contributed by atoms with E-state index in [4.69, 9.17) is 0 Å². The second-order valence-corrected chi connectivity index (χ2v) is 3.18. The Bertz CT molecular complexity index is 344. The summed E-state index contributed by atoms with van der Waals surface area (Å²) in [6, 6.07) is 8.63. The summed E-state index contributed by atoms with van der Waals surface area (Å²) in [7, 11) is 0. The maximum absolute atomic E-state index is 4.37. The van der Waals surface area contributed by atoms with Crippen LogP contribution in [0.2, 0.25) is 0 Å². The van der Waals surface area contributed by atoms with E-state index in [-0.39, 0.29) is 0 Å². The summed E-state index contributed by atoms with van der Waals surface area (Å²) in [5, 5.41) is 0. The second kappa shape index (κ2) is 6.18. The highest BCUT2D eigenvalue weighted by atomic mass is 14.7. The van der Waals surface area contributed by atoms with Crippen molar-refractivity contribution >= 4 is 5.71 Å². The molecule has 1 aliphatic heterocycles. The Kier molecular flexibility index (Phi) is 4.82. The van der Waals surface area contributed by atoms with Crippen molar-refractivity contribution in [3.8, 4) is 0 Å². The minimum atomic E-state index is 0.838. The molecule has 0 spiro atoms. The van der Waals surface area contributed by atoms with Gasteiger partial charge >= 0.3 is 0 Å². The zero-order chi connectivity index (χ0) is 11.1. The van der Waals surface area contributed by atoms with Gasteiger partial charge in [-0.25, -0.2) is 0 Å². The van der Waals surface area contributed by atoms with Gasteiger partial charge in [0.15, 0.2) is 0 Å². The maximum Gasteiger partial charge on any atom is 0.0647 e.